The van der Waals surface area contributed by atoms with Crippen LogP contribution in [-0.2, 0) is 4.79 Å². The van der Waals surface area contributed by atoms with Gasteiger partial charge in [0, 0.05) is 6.42 Å². The number of allylic oxidation sites excluding steroid dienone is 9. The molecule has 0 heterocycles. The van der Waals surface area contributed by atoms with Crippen LogP contribution in [-0.4, -0.2) is 34.9 Å². The lowest BCUT2D eigenvalue weighted by atomic mass is 10.0. The summed E-state index contributed by atoms with van der Waals surface area (Å²) in [5, 5.41) is 23.2. The van der Waals surface area contributed by atoms with E-state index in [1.165, 1.54) is 250 Å². The molecule has 1 amide bonds. The van der Waals surface area contributed by atoms with Crippen LogP contribution in [0.2, 0.25) is 0 Å². The SMILES string of the molecule is CC/C=C\C/C=C\C/C=C\C/C=C\CCCCCCCCCCCCCCCCCCCCC(=O)NC(CO)C(O)/C=C/CCCCCCCCCCCCCCCCCCCCCCCCC. The monoisotopic (exact) mass is 950 g/mol. The van der Waals surface area contributed by atoms with E-state index in [4.69, 9.17) is 0 Å². The first-order valence-corrected chi connectivity index (χ1v) is 30.5. The summed E-state index contributed by atoms with van der Waals surface area (Å²) in [7, 11) is 0. The molecule has 68 heavy (non-hydrogen) atoms. The highest BCUT2D eigenvalue weighted by Crippen LogP contribution is 2.18. The Labute approximate surface area is 426 Å². The lowest BCUT2D eigenvalue weighted by molar-refractivity contribution is -0.123. The number of carbonyl (C=O) groups excluding carboxylic acids is 1. The lowest BCUT2D eigenvalue weighted by Crippen LogP contribution is -2.45. The summed E-state index contributed by atoms with van der Waals surface area (Å²) >= 11 is 0. The van der Waals surface area contributed by atoms with Gasteiger partial charge in [0.15, 0.2) is 0 Å². The molecule has 2 unspecified atom stereocenters. The van der Waals surface area contributed by atoms with Crippen molar-refractivity contribution in [1.29, 1.82) is 0 Å². The van der Waals surface area contributed by atoms with Gasteiger partial charge in [-0.1, -0.05) is 319 Å². The summed E-state index contributed by atoms with van der Waals surface area (Å²) in [6, 6.07) is -0.624. The summed E-state index contributed by atoms with van der Waals surface area (Å²) in [4.78, 5) is 12.5. The van der Waals surface area contributed by atoms with Gasteiger partial charge in [0.1, 0.15) is 0 Å². The van der Waals surface area contributed by atoms with Crippen molar-refractivity contribution in [3.8, 4) is 0 Å². The molecule has 0 aromatic carbocycles. The number of aliphatic hydroxyl groups is 2. The minimum absolute atomic E-state index is 0.0597. The highest BCUT2D eigenvalue weighted by molar-refractivity contribution is 5.76. The molecule has 0 aliphatic rings. The first-order valence-electron chi connectivity index (χ1n) is 30.5. The second kappa shape index (κ2) is 59.4. The van der Waals surface area contributed by atoms with Crippen LogP contribution < -0.4 is 5.32 Å². The van der Waals surface area contributed by atoms with Gasteiger partial charge in [-0.2, -0.15) is 0 Å². The summed E-state index contributed by atoms with van der Waals surface area (Å²) in [6.07, 6.45) is 84.0. The van der Waals surface area contributed by atoms with Crippen LogP contribution in [0.5, 0.6) is 0 Å². The molecule has 0 aromatic heterocycles. The molecule has 0 rings (SSSR count). The van der Waals surface area contributed by atoms with Crippen molar-refractivity contribution in [1.82, 2.24) is 5.32 Å². The van der Waals surface area contributed by atoms with Crippen molar-refractivity contribution in [3.05, 3.63) is 60.8 Å². The number of unbranched alkanes of at least 4 members (excludes halogenated alkanes) is 41. The fourth-order valence-corrected chi connectivity index (χ4v) is 9.41. The Morgan fingerprint density at radius 3 is 0.971 bits per heavy atom. The summed E-state index contributed by atoms with van der Waals surface area (Å²) in [5.74, 6) is -0.0597. The maximum Gasteiger partial charge on any atom is 0.220 e. The molecule has 0 aliphatic heterocycles. The second-order valence-electron chi connectivity index (χ2n) is 20.7. The van der Waals surface area contributed by atoms with Gasteiger partial charge >= 0.3 is 0 Å². The van der Waals surface area contributed by atoms with Gasteiger partial charge in [-0.15, -0.1) is 0 Å². The Morgan fingerprint density at radius 1 is 0.368 bits per heavy atom. The van der Waals surface area contributed by atoms with E-state index in [-0.39, 0.29) is 12.5 Å². The Morgan fingerprint density at radius 2 is 0.647 bits per heavy atom. The summed E-state index contributed by atoms with van der Waals surface area (Å²) < 4.78 is 0. The van der Waals surface area contributed by atoms with Gasteiger partial charge in [0.25, 0.3) is 0 Å². The fraction of sp³-hybridized carbons (Fsp3) is 0.828. The highest BCUT2D eigenvalue weighted by atomic mass is 16.3. The van der Waals surface area contributed by atoms with E-state index in [2.05, 4.69) is 67.8 Å². The summed E-state index contributed by atoms with van der Waals surface area (Å²) in [5.41, 5.74) is 0. The molecule has 0 saturated carbocycles. The minimum atomic E-state index is -0.841. The third-order valence-electron chi connectivity index (χ3n) is 14.0. The van der Waals surface area contributed by atoms with Gasteiger partial charge in [-0.25, -0.2) is 0 Å². The molecule has 0 saturated heterocycles. The smallest absolute Gasteiger partial charge is 0.220 e. The predicted molar refractivity (Wildman–Crippen MR) is 304 cm³/mol. The Kier molecular flexibility index (Phi) is 57.7. The quantitative estimate of drug-likeness (QED) is 0.0420. The van der Waals surface area contributed by atoms with Gasteiger partial charge in [0.05, 0.1) is 18.8 Å². The van der Waals surface area contributed by atoms with Gasteiger partial charge in [0.2, 0.25) is 5.91 Å². The zero-order chi connectivity index (χ0) is 49.2. The van der Waals surface area contributed by atoms with Crippen LogP contribution in [0.3, 0.4) is 0 Å². The molecule has 4 nitrogen and oxygen atoms in total. The Balaban J connectivity index is 3.46. The Bertz CT molecular complexity index is 1120. The molecule has 0 bridgehead atoms. The van der Waals surface area contributed by atoms with E-state index < -0.39 is 12.1 Å². The topological polar surface area (TPSA) is 69.6 Å². The first kappa shape index (κ1) is 66.1. The molecule has 3 N–H and O–H groups in total. The third-order valence-corrected chi connectivity index (χ3v) is 14.0. The molecular weight excluding hydrogens is 831 g/mol. The molecular formula is C64H119NO3. The van der Waals surface area contributed by atoms with Crippen molar-refractivity contribution >= 4 is 5.91 Å². The number of hydrogen-bond donors (Lipinski definition) is 3. The van der Waals surface area contributed by atoms with E-state index in [0.29, 0.717) is 6.42 Å². The van der Waals surface area contributed by atoms with Crippen LogP contribution >= 0.6 is 0 Å². The minimum Gasteiger partial charge on any atom is -0.394 e. The summed E-state index contributed by atoms with van der Waals surface area (Å²) in [6.45, 7) is 4.23. The van der Waals surface area contributed by atoms with E-state index in [1.807, 2.05) is 6.08 Å². The van der Waals surface area contributed by atoms with Crippen LogP contribution in [0.1, 0.15) is 322 Å². The number of nitrogens with one attached hydrogen (secondary N) is 1. The van der Waals surface area contributed by atoms with Crippen LogP contribution in [0.15, 0.2) is 60.8 Å². The van der Waals surface area contributed by atoms with Crippen molar-refractivity contribution < 1.29 is 15.0 Å². The van der Waals surface area contributed by atoms with E-state index in [9.17, 15) is 15.0 Å². The number of aliphatic hydroxyl groups excluding tert-OH is 2. The molecule has 0 radical (unpaired) electrons. The van der Waals surface area contributed by atoms with E-state index in [0.717, 1.165) is 51.4 Å². The zero-order valence-corrected chi connectivity index (χ0v) is 45.9. The van der Waals surface area contributed by atoms with Crippen LogP contribution in [0.25, 0.3) is 0 Å². The molecule has 2 atom stereocenters. The van der Waals surface area contributed by atoms with Crippen molar-refractivity contribution in [2.24, 2.45) is 0 Å². The lowest BCUT2D eigenvalue weighted by Gasteiger charge is -2.20. The standard InChI is InChI=1S/C64H119NO3/c1-3-5-7-9-11-13-15-17-19-21-23-25-27-29-30-31-32-33-34-36-38-40-42-44-46-48-50-52-54-56-58-60-64(68)65-62(61-66)63(67)59-57-55-53-51-49-47-45-43-41-39-37-35-28-26-24-22-20-18-16-14-12-10-8-6-4-2/h5,7,11,13,17,19,23,25,57,59,62-63,66-67H,3-4,6,8-10,12,14-16,18,20-22,24,26-56,58,60-61H2,1-2H3,(H,65,68)/b7-5-,13-11-,19-17-,25-23-,59-57+. The molecule has 4 heteroatoms. The van der Waals surface area contributed by atoms with Crippen LogP contribution in [0.4, 0.5) is 0 Å². The number of hydrogen-bond acceptors (Lipinski definition) is 3. The van der Waals surface area contributed by atoms with Crippen LogP contribution in [0, 0.1) is 0 Å². The predicted octanol–water partition coefficient (Wildman–Crippen LogP) is 20.4. The molecule has 0 aromatic rings. The van der Waals surface area contributed by atoms with Gasteiger partial charge < -0.3 is 15.5 Å². The second-order valence-corrected chi connectivity index (χ2v) is 20.7. The molecule has 0 fully saturated rings. The van der Waals surface area contributed by atoms with E-state index in [1.54, 1.807) is 6.08 Å². The fourth-order valence-electron chi connectivity index (χ4n) is 9.41. The van der Waals surface area contributed by atoms with Gasteiger partial charge in [-0.05, 0) is 57.8 Å². The van der Waals surface area contributed by atoms with Crippen molar-refractivity contribution in [2.45, 2.75) is 334 Å². The zero-order valence-electron chi connectivity index (χ0n) is 45.9. The van der Waals surface area contributed by atoms with E-state index >= 15 is 0 Å². The number of rotatable bonds is 56. The molecule has 398 valence electrons. The Hall–Kier alpha value is -1.91. The maximum absolute atomic E-state index is 12.5. The average molecular weight is 951 g/mol. The highest BCUT2D eigenvalue weighted by Gasteiger charge is 2.18. The van der Waals surface area contributed by atoms with Crippen molar-refractivity contribution in [3.63, 3.8) is 0 Å². The number of amides is 1. The maximum atomic E-state index is 12.5. The number of carbonyl (C=O) groups is 1. The molecule has 0 aliphatic carbocycles. The average Bonchev–Trinajstić information content (AvgIpc) is 3.34. The van der Waals surface area contributed by atoms with Crippen molar-refractivity contribution in [2.75, 3.05) is 6.61 Å². The first-order chi connectivity index (χ1) is 33.7. The van der Waals surface area contributed by atoms with Gasteiger partial charge in [-0.3, -0.25) is 4.79 Å². The third kappa shape index (κ3) is 55.0. The largest absolute Gasteiger partial charge is 0.394 e. The molecule has 0 spiro atoms. The normalized spacial score (nSPS) is 13.2.